The van der Waals surface area contributed by atoms with Gasteiger partial charge in [0, 0.05) is 104 Å². The number of amides is 2. The highest BCUT2D eigenvalue weighted by Crippen LogP contribution is 2.30. The molecule has 4 N–H and O–H groups in total. The Balaban J connectivity index is 0.000000186. The number of aromatic amines is 2. The Kier molecular flexibility index (Phi) is 15.2. The van der Waals surface area contributed by atoms with Crippen LogP contribution < -0.4 is 10.6 Å². The summed E-state index contributed by atoms with van der Waals surface area (Å²) < 4.78 is 28.9. The van der Waals surface area contributed by atoms with Crippen molar-refractivity contribution in [2.75, 3.05) is 42.7 Å². The van der Waals surface area contributed by atoms with Gasteiger partial charge in [0.05, 0.1) is 22.4 Å². The van der Waals surface area contributed by atoms with Gasteiger partial charge in [0.1, 0.15) is 11.3 Å². The Hall–Kier alpha value is -5.45. The third-order valence-corrected chi connectivity index (χ3v) is 11.6. The van der Waals surface area contributed by atoms with Crippen LogP contribution in [0.3, 0.4) is 0 Å². The summed E-state index contributed by atoms with van der Waals surface area (Å²) in [4.78, 5) is 60.5. The first kappa shape index (κ1) is 44.6. The Morgan fingerprint density at radius 1 is 0.742 bits per heavy atom. The van der Waals surface area contributed by atoms with Crippen molar-refractivity contribution >= 4 is 80.3 Å². The molecule has 0 aliphatic carbocycles. The van der Waals surface area contributed by atoms with Crippen LogP contribution in [-0.2, 0) is 9.59 Å². The summed E-state index contributed by atoms with van der Waals surface area (Å²) in [5, 5.41) is 8.68. The monoisotopic (exact) mass is 906 g/mol. The fourth-order valence-electron chi connectivity index (χ4n) is 7.81. The van der Waals surface area contributed by atoms with Gasteiger partial charge < -0.3 is 30.4 Å². The van der Waals surface area contributed by atoms with E-state index >= 15 is 0 Å². The van der Waals surface area contributed by atoms with Crippen LogP contribution in [0.15, 0.2) is 62.0 Å². The number of aromatic nitrogens is 8. The molecule has 8 heterocycles. The SMILES string of the molecule is C=CCCC(=O)N1CCCCC1CNc1nc(-c2c[nH]c3ncc(Cl)cc23)ncc1F.O=C(CCCCl)N1CCCCC1CNc1nc(-c2c[nH]c3ncc(Cl)cc23)ncc1F. The summed E-state index contributed by atoms with van der Waals surface area (Å²) in [6.45, 7) is 5.97. The number of pyridine rings is 2. The average molecular weight is 908 g/mol. The van der Waals surface area contributed by atoms with E-state index in [-0.39, 0.29) is 35.5 Å². The number of hydrogen-bond acceptors (Lipinski definition) is 10. The molecule has 6 aromatic rings. The van der Waals surface area contributed by atoms with E-state index in [0.29, 0.717) is 95.3 Å². The van der Waals surface area contributed by atoms with Gasteiger partial charge in [-0.2, -0.15) is 0 Å². The minimum Gasteiger partial charge on any atom is -0.365 e. The van der Waals surface area contributed by atoms with Gasteiger partial charge in [-0.3, -0.25) is 9.59 Å². The van der Waals surface area contributed by atoms with Crippen molar-refractivity contribution in [1.29, 1.82) is 0 Å². The van der Waals surface area contributed by atoms with Crippen molar-refractivity contribution in [2.45, 2.75) is 76.3 Å². The van der Waals surface area contributed by atoms with Crippen LogP contribution in [-0.4, -0.2) is 106 Å². The number of nitrogens with zero attached hydrogens (tertiary/aromatic N) is 8. The zero-order valence-corrected chi connectivity index (χ0v) is 36.2. The smallest absolute Gasteiger partial charge is 0.223 e. The number of alkyl halides is 1. The van der Waals surface area contributed by atoms with Crippen LogP contribution >= 0.6 is 34.8 Å². The molecular formula is C43H47Cl3F2N12O2. The van der Waals surface area contributed by atoms with E-state index in [1.165, 1.54) is 0 Å². The standard InChI is InChI=1S/C22H24ClFN6O.C21H23Cl2FN6O/c1-2-3-7-19(31)30-8-5-4-6-15(30)11-26-22-18(24)13-28-21(29-22)17-12-27-20-16(17)9-14(23)10-25-20;22-6-3-5-18(31)30-7-2-1-4-14(30)10-26-21-17(24)12-28-20(29-21)16-11-27-19-15(16)8-13(23)9-25-19/h2,9-10,12-13,15H,1,3-8,11H2,(H,25,27)(H,26,28,29);8-9,11-12,14H,1-7,10H2,(H,25,27)(H,26,28,29). The minimum atomic E-state index is -0.546. The van der Waals surface area contributed by atoms with Gasteiger partial charge >= 0.3 is 0 Å². The van der Waals surface area contributed by atoms with E-state index in [1.807, 2.05) is 9.80 Å². The molecule has 0 aromatic carbocycles. The molecular weight excluding hydrogens is 861 g/mol. The van der Waals surface area contributed by atoms with Gasteiger partial charge in [-0.05, 0) is 63.5 Å². The average Bonchev–Trinajstić information content (AvgIpc) is 3.91. The van der Waals surface area contributed by atoms with Crippen molar-refractivity contribution in [2.24, 2.45) is 0 Å². The van der Waals surface area contributed by atoms with Crippen molar-refractivity contribution in [1.82, 2.24) is 49.7 Å². The summed E-state index contributed by atoms with van der Waals surface area (Å²) >= 11 is 17.9. The highest BCUT2D eigenvalue weighted by Gasteiger charge is 2.28. The summed E-state index contributed by atoms with van der Waals surface area (Å²) in [5.74, 6) is 0.519. The predicted molar refractivity (Wildman–Crippen MR) is 239 cm³/mol. The van der Waals surface area contributed by atoms with E-state index in [2.05, 4.69) is 57.1 Å². The molecule has 2 unspecified atom stereocenters. The number of hydrogen-bond donors (Lipinski definition) is 4. The van der Waals surface area contributed by atoms with Crippen LogP contribution in [0.1, 0.15) is 64.2 Å². The first-order chi connectivity index (χ1) is 30.1. The lowest BCUT2D eigenvalue weighted by Gasteiger charge is -2.36. The summed E-state index contributed by atoms with van der Waals surface area (Å²) in [5.41, 5.74) is 2.67. The van der Waals surface area contributed by atoms with Gasteiger partial charge in [0.15, 0.2) is 34.9 Å². The number of halogens is 5. The molecule has 2 aliphatic heterocycles. The number of fused-ring (bicyclic) bond motifs is 2. The number of allylic oxidation sites excluding steroid dienone is 1. The van der Waals surface area contributed by atoms with Gasteiger partial charge in [-0.15, -0.1) is 18.2 Å². The molecule has 14 nitrogen and oxygen atoms in total. The summed E-state index contributed by atoms with van der Waals surface area (Å²) in [7, 11) is 0. The topological polar surface area (TPSA) is 174 Å². The second-order valence-electron chi connectivity index (χ2n) is 15.1. The lowest BCUT2D eigenvalue weighted by Crippen LogP contribution is -2.47. The van der Waals surface area contributed by atoms with E-state index in [9.17, 15) is 18.4 Å². The molecule has 6 aromatic heterocycles. The first-order valence-electron chi connectivity index (χ1n) is 20.7. The molecule has 0 bridgehead atoms. The molecule has 326 valence electrons. The van der Waals surface area contributed by atoms with E-state index < -0.39 is 11.6 Å². The van der Waals surface area contributed by atoms with Gasteiger partial charge in [-0.25, -0.2) is 38.7 Å². The molecule has 0 radical (unpaired) electrons. The third-order valence-electron chi connectivity index (χ3n) is 11.0. The van der Waals surface area contributed by atoms with E-state index in [1.54, 1.807) is 43.0 Å². The maximum atomic E-state index is 14.4. The highest BCUT2D eigenvalue weighted by atomic mass is 35.5. The van der Waals surface area contributed by atoms with Crippen molar-refractivity contribution in [3.63, 3.8) is 0 Å². The van der Waals surface area contributed by atoms with Crippen LogP contribution in [0.4, 0.5) is 20.4 Å². The number of nitrogens with one attached hydrogen (secondary N) is 4. The quantitative estimate of drug-likeness (QED) is 0.0610. The number of anilines is 2. The van der Waals surface area contributed by atoms with Crippen molar-refractivity contribution < 1.29 is 18.4 Å². The van der Waals surface area contributed by atoms with Gasteiger partial charge in [-0.1, -0.05) is 29.3 Å². The number of H-pyrrole nitrogens is 2. The molecule has 8 rings (SSSR count). The number of carbonyl (C=O) groups excluding carboxylic acids is 2. The lowest BCUT2D eigenvalue weighted by atomic mass is 10.0. The minimum absolute atomic E-state index is 0.0000222. The number of carbonyl (C=O) groups is 2. The zero-order valence-electron chi connectivity index (χ0n) is 33.9. The van der Waals surface area contributed by atoms with Gasteiger partial charge in [0.2, 0.25) is 11.8 Å². The Morgan fingerprint density at radius 3 is 1.69 bits per heavy atom. The lowest BCUT2D eigenvalue weighted by molar-refractivity contribution is -0.135. The second kappa shape index (κ2) is 21.1. The molecule has 62 heavy (non-hydrogen) atoms. The number of likely N-dealkylation sites (tertiary alicyclic amines) is 2. The first-order valence-corrected chi connectivity index (χ1v) is 22.0. The van der Waals surface area contributed by atoms with Crippen LogP contribution in [0.25, 0.3) is 44.8 Å². The molecule has 0 spiro atoms. The molecule has 2 saturated heterocycles. The van der Waals surface area contributed by atoms with E-state index in [0.717, 1.165) is 68.2 Å². The van der Waals surface area contributed by atoms with Gasteiger partial charge in [0.25, 0.3) is 0 Å². The maximum Gasteiger partial charge on any atom is 0.223 e. The summed E-state index contributed by atoms with van der Waals surface area (Å²) in [6.07, 6.45) is 18.6. The molecule has 2 aliphatic rings. The Morgan fingerprint density at radius 2 is 1.23 bits per heavy atom. The maximum absolute atomic E-state index is 14.4. The number of piperidine rings is 2. The normalized spacial score (nSPS) is 16.5. The van der Waals surface area contributed by atoms with Crippen molar-refractivity contribution in [3.05, 3.63) is 83.6 Å². The molecule has 2 atom stereocenters. The molecule has 19 heteroatoms. The largest absolute Gasteiger partial charge is 0.365 e. The summed E-state index contributed by atoms with van der Waals surface area (Å²) in [6, 6.07) is 3.53. The molecule has 0 saturated carbocycles. The zero-order chi connectivity index (χ0) is 43.6. The Labute approximate surface area is 372 Å². The fraction of sp³-hybridized carbons (Fsp3) is 0.395. The number of rotatable bonds is 14. The predicted octanol–water partition coefficient (Wildman–Crippen LogP) is 9.20. The highest BCUT2D eigenvalue weighted by molar-refractivity contribution is 6.31. The molecule has 2 amide bonds. The van der Waals surface area contributed by atoms with Crippen LogP contribution in [0, 0.1) is 11.6 Å². The fourth-order valence-corrected chi connectivity index (χ4v) is 8.26. The van der Waals surface area contributed by atoms with Crippen molar-refractivity contribution in [3.8, 4) is 22.8 Å². The van der Waals surface area contributed by atoms with Crippen LogP contribution in [0.5, 0.6) is 0 Å². The van der Waals surface area contributed by atoms with E-state index in [4.69, 9.17) is 34.8 Å². The van der Waals surface area contributed by atoms with Crippen LogP contribution in [0.2, 0.25) is 10.0 Å². The Bertz CT molecular complexity index is 2520. The third kappa shape index (κ3) is 10.8. The molecule has 2 fully saturated rings. The second-order valence-corrected chi connectivity index (χ2v) is 16.4.